The number of carbonyl (C=O) groups excluding carboxylic acids is 1. The number of hydrogen-bond acceptors (Lipinski definition) is 4. The van der Waals surface area contributed by atoms with Gasteiger partial charge in [0.2, 0.25) is 10.0 Å². The van der Waals surface area contributed by atoms with Crippen LogP contribution in [0.1, 0.15) is 21.5 Å². The fraction of sp³-hybridized carbons (Fsp3) is 0. The van der Waals surface area contributed by atoms with E-state index >= 15 is 0 Å². The number of carbonyl (C=O) groups is 1. The van der Waals surface area contributed by atoms with Gasteiger partial charge in [0.15, 0.2) is 0 Å². The van der Waals surface area contributed by atoms with E-state index < -0.39 is 15.9 Å². The molecule has 0 saturated carbocycles. The van der Waals surface area contributed by atoms with Crippen molar-refractivity contribution in [3.8, 4) is 11.1 Å². The van der Waals surface area contributed by atoms with Gasteiger partial charge in [-0.25, -0.2) is 13.6 Å². The Labute approximate surface area is 173 Å². The van der Waals surface area contributed by atoms with Gasteiger partial charge in [0, 0.05) is 10.6 Å². The van der Waals surface area contributed by atoms with Crippen molar-refractivity contribution in [2.75, 3.05) is 5.73 Å². The molecule has 3 aromatic carbocycles. The lowest BCUT2D eigenvalue weighted by Crippen LogP contribution is -2.14. The first-order valence-electron chi connectivity index (χ1n) is 8.45. The molecule has 6 N–H and O–H groups in total. The number of nitrogen functional groups attached to an aromatic ring is 1. The summed E-state index contributed by atoms with van der Waals surface area (Å²) in [6.45, 7) is 0. The summed E-state index contributed by atoms with van der Waals surface area (Å²) < 4.78 is 22.9. The van der Waals surface area contributed by atoms with Crippen LogP contribution in [0.4, 0.5) is 5.69 Å². The lowest BCUT2D eigenvalue weighted by atomic mass is 9.96. The van der Waals surface area contributed by atoms with Crippen LogP contribution in [0.5, 0.6) is 0 Å². The van der Waals surface area contributed by atoms with E-state index in [1.807, 2.05) is 24.3 Å². The van der Waals surface area contributed by atoms with Crippen LogP contribution in [0.25, 0.3) is 23.3 Å². The Morgan fingerprint density at radius 1 is 0.897 bits per heavy atom. The van der Waals surface area contributed by atoms with Crippen molar-refractivity contribution in [2.24, 2.45) is 10.9 Å². The summed E-state index contributed by atoms with van der Waals surface area (Å²) in [5, 5.41) is 5.77. The number of amides is 1. The number of sulfonamides is 1. The highest BCUT2D eigenvalue weighted by Crippen LogP contribution is 2.31. The van der Waals surface area contributed by atoms with Crippen LogP contribution in [0.15, 0.2) is 65.6 Å². The van der Waals surface area contributed by atoms with Gasteiger partial charge in [-0.15, -0.1) is 0 Å². The van der Waals surface area contributed by atoms with Crippen LogP contribution < -0.4 is 16.6 Å². The second kappa shape index (κ2) is 8.08. The fourth-order valence-corrected chi connectivity index (χ4v) is 3.45. The molecular weight excluding hydrogens is 410 g/mol. The van der Waals surface area contributed by atoms with E-state index in [0.717, 1.165) is 5.56 Å². The van der Waals surface area contributed by atoms with Crippen molar-refractivity contribution < 1.29 is 13.2 Å². The van der Waals surface area contributed by atoms with Gasteiger partial charge < -0.3 is 11.5 Å². The number of halogens is 1. The third-order valence-electron chi connectivity index (χ3n) is 4.30. The predicted octanol–water partition coefficient (Wildman–Crippen LogP) is 3.51. The normalized spacial score (nSPS) is 11.7. The molecular formula is C21H18ClN3O3S. The molecule has 148 valence electrons. The highest BCUT2D eigenvalue weighted by Gasteiger charge is 2.14. The zero-order chi connectivity index (χ0) is 21.2. The maximum Gasteiger partial charge on any atom is 0.250 e. The van der Waals surface area contributed by atoms with Crippen molar-refractivity contribution in [1.29, 1.82) is 0 Å². The van der Waals surface area contributed by atoms with Crippen molar-refractivity contribution in [3.05, 3.63) is 82.4 Å². The molecule has 0 aliphatic rings. The van der Waals surface area contributed by atoms with Gasteiger partial charge in [0.05, 0.1) is 16.1 Å². The molecule has 0 spiro atoms. The zero-order valence-electron chi connectivity index (χ0n) is 15.2. The molecule has 8 heteroatoms. The Kier molecular flexibility index (Phi) is 5.74. The first-order valence-corrected chi connectivity index (χ1v) is 10.4. The Morgan fingerprint density at radius 2 is 1.48 bits per heavy atom. The van der Waals surface area contributed by atoms with Gasteiger partial charge in [-0.05, 0) is 53.1 Å². The van der Waals surface area contributed by atoms with Gasteiger partial charge in [-0.3, -0.25) is 4.79 Å². The summed E-state index contributed by atoms with van der Waals surface area (Å²) >= 11 is 5.89. The molecule has 0 heterocycles. The Bertz CT molecular complexity index is 1200. The van der Waals surface area contributed by atoms with Crippen molar-refractivity contribution in [3.63, 3.8) is 0 Å². The molecule has 0 fully saturated rings. The van der Waals surface area contributed by atoms with Crippen molar-refractivity contribution in [1.82, 2.24) is 0 Å². The van der Waals surface area contributed by atoms with Crippen LogP contribution in [0.2, 0.25) is 5.02 Å². The minimum absolute atomic E-state index is 0.0197. The summed E-state index contributed by atoms with van der Waals surface area (Å²) in [6.07, 6.45) is 3.68. The summed E-state index contributed by atoms with van der Waals surface area (Å²) in [4.78, 5) is 11.8. The fourth-order valence-electron chi connectivity index (χ4n) is 2.81. The Morgan fingerprint density at radius 3 is 2.03 bits per heavy atom. The van der Waals surface area contributed by atoms with Gasteiger partial charge in [-0.1, -0.05) is 48.0 Å². The third kappa shape index (κ3) is 4.83. The number of hydrogen-bond donors (Lipinski definition) is 3. The Hall–Kier alpha value is -3.13. The quantitative estimate of drug-likeness (QED) is 0.425. The highest BCUT2D eigenvalue weighted by atomic mass is 35.5. The topological polar surface area (TPSA) is 129 Å². The van der Waals surface area contributed by atoms with Crippen LogP contribution >= 0.6 is 11.6 Å². The average molecular weight is 428 g/mol. The summed E-state index contributed by atoms with van der Waals surface area (Å²) in [6, 6.07) is 16.6. The van der Waals surface area contributed by atoms with Crippen LogP contribution in [0, 0.1) is 0 Å². The maximum absolute atomic E-state index is 11.9. The zero-order valence-corrected chi connectivity index (χ0v) is 16.7. The molecule has 3 aromatic rings. The first-order chi connectivity index (χ1) is 13.6. The monoisotopic (exact) mass is 427 g/mol. The van der Waals surface area contributed by atoms with Gasteiger partial charge in [0.1, 0.15) is 0 Å². The molecule has 0 bridgehead atoms. The SMILES string of the molecule is NC(=O)c1cc(C=Cc2ccc(Cl)cc2)cc(-c2ccc(S(N)(=O)=O)cc2)c1N. The molecule has 1 amide bonds. The average Bonchev–Trinajstić information content (AvgIpc) is 2.67. The number of anilines is 1. The highest BCUT2D eigenvalue weighted by molar-refractivity contribution is 7.89. The van der Waals surface area contributed by atoms with Crippen LogP contribution in [0.3, 0.4) is 0 Å². The minimum Gasteiger partial charge on any atom is -0.398 e. The van der Waals surface area contributed by atoms with Gasteiger partial charge in [0.25, 0.3) is 5.91 Å². The Balaban J connectivity index is 2.07. The molecule has 3 rings (SSSR count). The van der Waals surface area contributed by atoms with E-state index in [0.29, 0.717) is 21.7 Å². The number of primary sulfonamides is 1. The summed E-state index contributed by atoms with van der Waals surface area (Å²) in [5.74, 6) is -0.661. The molecule has 0 aromatic heterocycles. The molecule has 0 radical (unpaired) electrons. The number of nitrogens with two attached hydrogens (primary N) is 3. The first kappa shape index (κ1) is 20.6. The number of benzene rings is 3. The maximum atomic E-state index is 11.9. The standard InChI is InChI=1S/C21H18ClN3O3S/c22-16-7-3-13(4-8-16)1-2-14-11-18(20(23)19(12-14)21(24)26)15-5-9-17(10-6-15)29(25,27)28/h1-12H,23H2,(H2,24,26)(H2,25,27,28). The van der Waals surface area contributed by atoms with Gasteiger partial charge >= 0.3 is 0 Å². The van der Waals surface area contributed by atoms with Crippen molar-refractivity contribution in [2.45, 2.75) is 4.90 Å². The molecule has 0 saturated heterocycles. The van der Waals surface area contributed by atoms with Crippen LogP contribution in [-0.4, -0.2) is 14.3 Å². The minimum atomic E-state index is -3.81. The predicted molar refractivity (Wildman–Crippen MR) is 117 cm³/mol. The van der Waals surface area contributed by atoms with E-state index in [1.165, 1.54) is 12.1 Å². The van der Waals surface area contributed by atoms with E-state index in [1.54, 1.807) is 36.4 Å². The smallest absolute Gasteiger partial charge is 0.250 e. The van der Waals surface area contributed by atoms with E-state index in [9.17, 15) is 13.2 Å². The summed E-state index contributed by atoms with van der Waals surface area (Å²) in [7, 11) is -3.81. The van der Waals surface area contributed by atoms with E-state index in [4.69, 9.17) is 28.2 Å². The molecule has 0 atom stereocenters. The summed E-state index contributed by atoms with van der Waals surface area (Å²) in [5.41, 5.74) is 14.8. The molecule has 0 unspecified atom stereocenters. The van der Waals surface area contributed by atoms with Crippen molar-refractivity contribution >= 4 is 45.4 Å². The number of primary amides is 1. The second-order valence-corrected chi connectivity index (χ2v) is 8.35. The molecule has 0 aliphatic carbocycles. The van der Waals surface area contributed by atoms with Crippen LogP contribution in [-0.2, 0) is 10.0 Å². The van der Waals surface area contributed by atoms with Gasteiger partial charge in [-0.2, -0.15) is 0 Å². The van der Waals surface area contributed by atoms with E-state index in [-0.39, 0.29) is 16.1 Å². The molecule has 29 heavy (non-hydrogen) atoms. The second-order valence-electron chi connectivity index (χ2n) is 6.35. The van der Waals surface area contributed by atoms with E-state index in [2.05, 4.69) is 0 Å². The largest absolute Gasteiger partial charge is 0.398 e. The number of rotatable bonds is 5. The lowest BCUT2D eigenvalue weighted by Gasteiger charge is -2.12. The molecule has 6 nitrogen and oxygen atoms in total. The lowest BCUT2D eigenvalue weighted by molar-refractivity contribution is 0.100. The third-order valence-corrected chi connectivity index (χ3v) is 5.48. The molecule has 0 aliphatic heterocycles.